The average molecular weight is 469 g/mol. The summed E-state index contributed by atoms with van der Waals surface area (Å²) >= 11 is 5.99. The van der Waals surface area contributed by atoms with Crippen LogP contribution in [-0.2, 0) is 9.59 Å². The minimum atomic E-state index is -0.441. The number of amides is 2. The van der Waals surface area contributed by atoms with Gasteiger partial charge in [-0.3, -0.25) is 14.5 Å². The number of carbonyl (C=O) groups is 2. The number of benzene rings is 2. The standard InChI is InChI=1S/C24H22ClFN4O3/c1-29(14-23(31)27-19-5-2-4-18(26)12-19)15-24(32)30-21(22-6-3-11-33-22)13-20(28-30)16-7-9-17(25)10-8-16/h2-12,21H,13-15H2,1H3,(H,27,31). The molecule has 1 unspecified atom stereocenters. The van der Waals surface area contributed by atoms with Gasteiger partial charge in [0.05, 0.1) is 25.1 Å². The van der Waals surface area contributed by atoms with Gasteiger partial charge in [-0.1, -0.05) is 29.8 Å². The van der Waals surface area contributed by atoms with Crippen molar-refractivity contribution in [3.05, 3.63) is 89.1 Å². The Morgan fingerprint density at radius 3 is 2.67 bits per heavy atom. The Morgan fingerprint density at radius 2 is 1.97 bits per heavy atom. The van der Waals surface area contributed by atoms with Gasteiger partial charge in [-0.05, 0) is 55.1 Å². The van der Waals surface area contributed by atoms with Crippen LogP contribution in [0.3, 0.4) is 0 Å². The fourth-order valence-electron chi connectivity index (χ4n) is 3.63. The fraction of sp³-hybridized carbons (Fsp3) is 0.208. The predicted molar refractivity (Wildman–Crippen MR) is 123 cm³/mol. The van der Waals surface area contributed by atoms with Crippen LogP contribution >= 0.6 is 11.6 Å². The van der Waals surface area contributed by atoms with Crippen molar-refractivity contribution < 1.29 is 18.4 Å². The Morgan fingerprint density at radius 1 is 1.18 bits per heavy atom. The highest BCUT2D eigenvalue weighted by atomic mass is 35.5. The van der Waals surface area contributed by atoms with E-state index in [-0.39, 0.29) is 30.9 Å². The number of nitrogens with one attached hydrogen (secondary N) is 1. The molecule has 2 amide bonds. The third-order valence-electron chi connectivity index (χ3n) is 5.14. The first-order valence-corrected chi connectivity index (χ1v) is 10.7. The lowest BCUT2D eigenvalue weighted by molar-refractivity contribution is -0.134. The van der Waals surface area contributed by atoms with Gasteiger partial charge >= 0.3 is 0 Å². The summed E-state index contributed by atoms with van der Waals surface area (Å²) in [5.41, 5.74) is 1.97. The normalized spacial score (nSPS) is 15.6. The van der Waals surface area contributed by atoms with Crippen molar-refractivity contribution in [1.29, 1.82) is 0 Å². The second kappa shape index (κ2) is 9.97. The molecule has 2 aromatic carbocycles. The van der Waals surface area contributed by atoms with E-state index in [2.05, 4.69) is 10.4 Å². The first-order valence-electron chi connectivity index (χ1n) is 10.3. The van der Waals surface area contributed by atoms with Gasteiger partial charge < -0.3 is 9.73 Å². The van der Waals surface area contributed by atoms with E-state index in [4.69, 9.17) is 16.0 Å². The lowest BCUT2D eigenvalue weighted by Gasteiger charge is -2.23. The molecule has 1 aliphatic rings. The average Bonchev–Trinajstić information content (AvgIpc) is 3.44. The molecule has 33 heavy (non-hydrogen) atoms. The second-order valence-electron chi connectivity index (χ2n) is 7.76. The van der Waals surface area contributed by atoms with E-state index < -0.39 is 5.82 Å². The van der Waals surface area contributed by atoms with Crippen LogP contribution in [0.15, 0.2) is 76.4 Å². The summed E-state index contributed by atoms with van der Waals surface area (Å²) in [7, 11) is 1.66. The van der Waals surface area contributed by atoms with Crippen molar-refractivity contribution >= 4 is 34.8 Å². The molecule has 2 heterocycles. The number of rotatable bonds is 7. The number of hydrazone groups is 1. The summed E-state index contributed by atoms with van der Waals surface area (Å²) in [5, 5.41) is 9.21. The topological polar surface area (TPSA) is 78.2 Å². The van der Waals surface area contributed by atoms with Crippen molar-refractivity contribution in [2.45, 2.75) is 12.5 Å². The zero-order chi connectivity index (χ0) is 23.4. The first kappa shape index (κ1) is 22.7. The quantitative estimate of drug-likeness (QED) is 0.560. The van der Waals surface area contributed by atoms with Gasteiger partial charge in [0.1, 0.15) is 17.6 Å². The molecule has 9 heteroatoms. The highest BCUT2D eigenvalue weighted by molar-refractivity contribution is 6.30. The molecule has 0 saturated carbocycles. The summed E-state index contributed by atoms with van der Waals surface area (Å²) in [6.07, 6.45) is 2.05. The van der Waals surface area contributed by atoms with E-state index >= 15 is 0 Å². The van der Waals surface area contributed by atoms with Crippen molar-refractivity contribution in [1.82, 2.24) is 9.91 Å². The SMILES string of the molecule is CN(CC(=O)Nc1cccc(F)c1)CC(=O)N1N=C(c2ccc(Cl)cc2)CC1c1ccco1. The largest absolute Gasteiger partial charge is 0.467 e. The van der Waals surface area contributed by atoms with Crippen LogP contribution in [0.5, 0.6) is 0 Å². The van der Waals surface area contributed by atoms with Crippen LogP contribution in [0.2, 0.25) is 5.02 Å². The summed E-state index contributed by atoms with van der Waals surface area (Å²) < 4.78 is 18.9. The zero-order valence-corrected chi connectivity index (χ0v) is 18.6. The van der Waals surface area contributed by atoms with Crippen LogP contribution in [0.1, 0.15) is 23.8 Å². The minimum absolute atomic E-state index is 0.0365. The number of hydrogen-bond donors (Lipinski definition) is 1. The molecule has 3 aromatic rings. The molecule has 1 N–H and O–H groups in total. The summed E-state index contributed by atoms with van der Waals surface area (Å²) in [5.74, 6) is -0.446. The maximum atomic E-state index is 13.3. The highest BCUT2D eigenvalue weighted by Crippen LogP contribution is 2.33. The van der Waals surface area contributed by atoms with E-state index in [1.165, 1.54) is 23.2 Å². The zero-order valence-electron chi connectivity index (χ0n) is 17.9. The molecule has 0 spiro atoms. The van der Waals surface area contributed by atoms with Crippen LogP contribution in [-0.4, -0.2) is 47.6 Å². The number of hydrogen-bond acceptors (Lipinski definition) is 5. The van der Waals surface area contributed by atoms with E-state index in [1.807, 2.05) is 12.1 Å². The van der Waals surface area contributed by atoms with E-state index in [9.17, 15) is 14.0 Å². The number of likely N-dealkylation sites (N-methyl/N-ethyl adjacent to an activating group) is 1. The van der Waals surface area contributed by atoms with Gasteiger partial charge in [-0.25, -0.2) is 9.40 Å². The van der Waals surface area contributed by atoms with Crippen molar-refractivity contribution in [3.63, 3.8) is 0 Å². The molecule has 1 atom stereocenters. The smallest absolute Gasteiger partial charge is 0.257 e. The van der Waals surface area contributed by atoms with Crippen molar-refractivity contribution in [2.24, 2.45) is 5.10 Å². The molecule has 0 radical (unpaired) electrons. The number of anilines is 1. The highest BCUT2D eigenvalue weighted by Gasteiger charge is 2.35. The lowest BCUT2D eigenvalue weighted by atomic mass is 10.0. The summed E-state index contributed by atoms with van der Waals surface area (Å²) in [6.45, 7) is -0.0829. The fourth-order valence-corrected chi connectivity index (χ4v) is 3.76. The van der Waals surface area contributed by atoms with Gasteiger partial charge in [0.25, 0.3) is 5.91 Å². The first-order chi connectivity index (χ1) is 15.9. The third-order valence-corrected chi connectivity index (χ3v) is 5.39. The summed E-state index contributed by atoms with van der Waals surface area (Å²) in [4.78, 5) is 27.0. The number of carbonyl (C=O) groups excluding carboxylic acids is 2. The van der Waals surface area contributed by atoms with E-state index in [0.29, 0.717) is 22.9 Å². The number of nitrogens with zero attached hydrogens (tertiary/aromatic N) is 3. The molecule has 0 bridgehead atoms. The van der Waals surface area contributed by atoms with Gasteiger partial charge in [-0.2, -0.15) is 5.10 Å². The Bertz CT molecular complexity index is 1160. The Balaban J connectivity index is 1.43. The Labute approximate surface area is 195 Å². The van der Waals surface area contributed by atoms with Crippen LogP contribution in [0, 0.1) is 5.82 Å². The number of halogens is 2. The van der Waals surface area contributed by atoms with Crippen molar-refractivity contribution in [2.75, 3.05) is 25.5 Å². The lowest BCUT2D eigenvalue weighted by Crippen LogP contribution is -2.39. The van der Waals surface area contributed by atoms with E-state index in [1.54, 1.807) is 48.5 Å². The minimum Gasteiger partial charge on any atom is -0.467 e. The maximum Gasteiger partial charge on any atom is 0.257 e. The van der Waals surface area contributed by atoms with Crippen LogP contribution < -0.4 is 5.32 Å². The maximum absolute atomic E-state index is 13.3. The van der Waals surface area contributed by atoms with Crippen LogP contribution in [0.4, 0.5) is 10.1 Å². The molecule has 4 rings (SSSR count). The summed E-state index contributed by atoms with van der Waals surface area (Å²) in [6, 6.07) is 16.1. The monoisotopic (exact) mass is 468 g/mol. The molecule has 170 valence electrons. The molecule has 1 aliphatic heterocycles. The molecule has 0 aliphatic carbocycles. The predicted octanol–water partition coefficient (Wildman–Crippen LogP) is 4.32. The molecule has 0 saturated heterocycles. The molecule has 7 nitrogen and oxygen atoms in total. The van der Waals surface area contributed by atoms with E-state index in [0.717, 1.165) is 11.3 Å². The van der Waals surface area contributed by atoms with Gasteiger partial charge in [-0.15, -0.1) is 0 Å². The third kappa shape index (κ3) is 5.66. The molecular formula is C24H22ClFN4O3. The molecule has 1 aromatic heterocycles. The Hall–Kier alpha value is -3.49. The Kier molecular flexibility index (Phi) is 6.86. The van der Waals surface area contributed by atoms with Gasteiger partial charge in [0, 0.05) is 17.1 Å². The van der Waals surface area contributed by atoms with Crippen molar-refractivity contribution in [3.8, 4) is 0 Å². The van der Waals surface area contributed by atoms with Gasteiger partial charge in [0.2, 0.25) is 5.91 Å². The molecule has 0 fully saturated rings. The van der Waals surface area contributed by atoms with Gasteiger partial charge in [0.15, 0.2) is 0 Å². The van der Waals surface area contributed by atoms with Crippen LogP contribution in [0.25, 0.3) is 0 Å². The molecular weight excluding hydrogens is 447 g/mol. The number of furan rings is 1. The second-order valence-corrected chi connectivity index (χ2v) is 8.19.